The molecule has 1 atom stereocenters. The SMILES string of the molecule is CCNc1c(F)cccc1C(=O)N1CCOC(C#N)C1. The number of para-hydroxylation sites is 1. The lowest BCUT2D eigenvalue weighted by molar-refractivity contribution is 0.00349. The van der Waals surface area contributed by atoms with Crippen LogP contribution in [0.1, 0.15) is 17.3 Å². The molecule has 1 aromatic rings. The molecule has 0 bridgehead atoms. The highest BCUT2D eigenvalue weighted by Crippen LogP contribution is 2.22. The number of nitrogens with one attached hydrogen (secondary N) is 1. The van der Waals surface area contributed by atoms with Crippen molar-refractivity contribution in [1.29, 1.82) is 5.26 Å². The van der Waals surface area contributed by atoms with E-state index >= 15 is 0 Å². The molecule has 0 saturated carbocycles. The molecule has 1 saturated heterocycles. The number of anilines is 1. The van der Waals surface area contributed by atoms with Gasteiger partial charge in [0.25, 0.3) is 5.91 Å². The number of morpholine rings is 1. The van der Waals surface area contributed by atoms with E-state index in [1.54, 1.807) is 6.07 Å². The number of nitriles is 1. The highest BCUT2D eigenvalue weighted by molar-refractivity contribution is 5.99. The minimum atomic E-state index is -0.621. The highest BCUT2D eigenvalue weighted by Gasteiger charge is 2.26. The standard InChI is InChI=1S/C14H16FN3O2/c1-2-17-13-11(4-3-5-12(13)15)14(19)18-6-7-20-10(8-16)9-18/h3-5,10,17H,2,6-7,9H2,1H3. The van der Waals surface area contributed by atoms with Gasteiger partial charge < -0.3 is 15.0 Å². The van der Waals surface area contributed by atoms with Crippen LogP contribution in [0.5, 0.6) is 0 Å². The first-order valence-corrected chi connectivity index (χ1v) is 6.50. The summed E-state index contributed by atoms with van der Waals surface area (Å²) in [5, 5.41) is 11.7. The number of amides is 1. The Labute approximate surface area is 116 Å². The van der Waals surface area contributed by atoms with Crippen molar-refractivity contribution < 1.29 is 13.9 Å². The Morgan fingerprint density at radius 3 is 3.15 bits per heavy atom. The highest BCUT2D eigenvalue weighted by atomic mass is 19.1. The van der Waals surface area contributed by atoms with Crippen LogP contribution >= 0.6 is 0 Å². The summed E-state index contributed by atoms with van der Waals surface area (Å²) in [6.07, 6.45) is -0.621. The molecule has 5 nitrogen and oxygen atoms in total. The van der Waals surface area contributed by atoms with Crippen molar-refractivity contribution in [3.63, 3.8) is 0 Å². The minimum absolute atomic E-state index is 0.206. The van der Waals surface area contributed by atoms with Crippen molar-refractivity contribution in [1.82, 2.24) is 4.90 Å². The normalized spacial score (nSPS) is 18.4. The third kappa shape index (κ3) is 2.89. The van der Waals surface area contributed by atoms with Crippen LogP contribution < -0.4 is 5.32 Å². The molecule has 1 amide bonds. The van der Waals surface area contributed by atoms with Crippen LogP contribution in [-0.4, -0.2) is 43.2 Å². The van der Waals surface area contributed by atoms with Crippen molar-refractivity contribution >= 4 is 11.6 Å². The first-order chi connectivity index (χ1) is 9.67. The fraction of sp³-hybridized carbons (Fsp3) is 0.429. The molecular weight excluding hydrogens is 261 g/mol. The second-order valence-corrected chi connectivity index (χ2v) is 4.43. The molecule has 1 heterocycles. The zero-order chi connectivity index (χ0) is 14.5. The van der Waals surface area contributed by atoms with Gasteiger partial charge in [-0.05, 0) is 19.1 Å². The monoisotopic (exact) mass is 277 g/mol. The first-order valence-electron chi connectivity index (χ1n) is 6.50. The molecule has 2 rings (SSSR count). The smallest absolute Gasteiger partial charge is 0.256 e. The number of hydrogen-bond acceptors (Lipinski definition) is 4. The van der Waals surface area contributed by atoms with Crippen LogP contribution in [0.3, 0.4) is 0 Å². The third-order valence-corrected chi connectivity index (χ3v) is 3.10. The summed E-state index contributed by atoms with van der Waals surface area (Å²) in [6.45, 7) is 3.28. The predicted octanol–water partition coefficient (Wildman–Crippen LogP) is 1.62. The number of carbonyl (C=O) groups is 1. The van der Waals surface area contributed by atoms with Crippen LogP contribution in [0.25, 0.3) is 0 Å². The zero-order valence-electron chi connectivity index (χ0n) is 11.2. The quantitative estimate of drug-likeness (QED) is 0.911. The Morgan fingerprint density at radius 2 is 2.45 bits per heavy atom. The Kier molecular flexibility index (Phi) is 4.53. The number of nitrogens with zero attached hydrogens (tertiary/aromatic N) is 2. The van der Waals surface area contributed by atoms with E-state index in [1.165, 1.54) is 17.0 Å². The molecule has 1 aliphatic heterocycles. The van der Waals surface area contributed by atoms with Gasteiger partial charge in [0, 0.05) is 13.1 Å². The Morgan fingerprint density at radius 1 is 1.65 bits per heavy atom. The number of rotatable bonds is 3. The van der Waals surface area contributed by atoms with Crippen LogP contribution in [-0.2, 0) is 4.74 Å². The Bertz CT molecular complexity index is 542. The lowest BCUT2D eigenvalue weighted by Crippen LogP contribution is -2.45. The van der Waals surface area contributed by atoms with Gasteiger partial charge in [-0.3, -0.25) is 4.79 Å². The van der Waals surface area contributed by atoms with E-state index < -0.39 is 11.9 Å². The van der Waals surface area contributed by atoms with Crippen LogP contribution in [0.15, 0.2) is 18.2 Å². The topological polar surface area (TPSA) is 65.4 Å². The average molecular weight is 277 g/mol. The maximum atomic E-state index is 13.8. The number of halogens is 1. The van der Waals surface area contributed by atoms with Gasteiger partial charge >= 0.3 is 0 Å². The van der Waals surface area contributed by atoms with Crippen molar-refractivity contribution in [2.45, 2.75) is 13.0 Å². The van der Waals surface area contributed by atoms with Crippen molar-refractivity contribution in [3.05, 3.63) is 29.6 Å². The zero-order valence-corrected chi connectivity index (χ0v) is 11.2. The molecular formula is C14H16FN3O2. The Hall–Kier alpha value is -2.13. The molecule has 20 heavy (non-hydrogen) atoms. The number of ether oxygens (including phenoxy) is 1. The molecule has 0 radical (unpaired) electrons. The summed E-state index contributed by atoms with van der Waals surface area (Å²) in [7, 11) is 0. The van der Waals surface area contributed by atoms with Gasteiger partial charge in [-0.25, -0.2) is 4.39 Å². The maximum absolute atomic E-state index is 13.8. The second-order valence-electron chi connectivity index (χ2n) is 4.43. The molecule has 106 valence electrons. The van der Waals surface area contributed by atoms with Gasteiger partial charge in [0.15, 0.2) is 6.10 Å². The van der Waals surface area contributed by atoms with E-state index in [-0.39, 0.29) is 23.7 Å². The summed E-state index contributed by atoms with van der Waals surface area (Å²) in [4.78, 5) is 14.0. The number of hydrogen-bond donors (Lipinski definition) is 1. The van der Waals surface area contributed by atoms with Crippen molar-refractivity contribution in [2.24, 2.45) is 0 Å². The van der Waals surface area contributed by atoms with Gasteiger partial charge in [0.05, 0.1) is 30.5 Å². The minimum Gasteiger partial charge on any atom is -0.382 e. The Balaban J connectivity index is 2.25. The molecule has 0 aliphatic carbocycles. The molecule has 1 aromatic carbocycles. The van der Waals surface area contributed by atoms with Gasteiger partial charge in [-0.1, -0.05) is 6.07 Å². The third-order valence-electron chi connectivity index (χ3n) is 3.10. The molecule has 1 fully saturated rings. The first kappa shape index (κ1) is 14.3. The summed E-state index contributed by atoms with van der Waals surface area (Å²) < 4.78 is 19.0. The van der Waals surface area contributed by atoms with E-state index in [2.05, 4.69) is 5.32 Å². The summed E-state index contributed by atoms with van der Waals surface area (Å²) in [6, 6.07) is 6.39. The fourth-order valence-corrected chi connectivity index (χ4v) is 2.14. The maximum Gasteiger partial charge on any atom is 0.256 e. The average Bonchev–Trinajstić information content (AvgIpc) is 2.49. The molecule has 1 N–H and O–H groups in total. The summed E-state index contributed by atoms with van der Waals surface area (Å²) in [5.74, 6) is -0.744. The van der Waals surface area contributed by atoms with Crippen molar-refractivity contribution in [2.75, 3.05) is 31.6 Å². The lowest BCUT2D eigenvalue weighted by Gasteiger charge is -2.30. The van der Waals surface area contributed by atoms with Gasteiger partial charge in [-0.2, -0.15) is 5.26 Å². The van der Waals surface area contributed by atoms with Gasteiger partial charge in [-0.15, -0.1) is 0 Å². The fourth-order valence-electron chi connectivity index (χ4n) is 2.14. The second kappa shape index (κ2) is 6.35. The summed E-state index contributed by atoms with van der Waals surface area (Å²) >= 11 is 0. The molecule has 0 spiro atoms. The predicted molar refractivity (Wildman–Crippen MR) is 71.8 cm³/mol. The van der Waals surface area contributed by atoms with Gasteiger partial charge in [0.2, 0.25) is 0 Å². The number of carbonyl (C=O) groups excluding carboxylic acids is 1. The van der Waals surface area contributed by atoms with E-state index in [9.17, 15) is 9.18 Å². The molecule has 0 aromatic heterocycles. The van der Waals surface area contributed by atoms with Crippen LogP contribution in [0.2, 0.25) is 0 Å². The molecule has 1 aliphatic rings. The number of benzene rings is 1. The molecule has 6 heteroatoms. The van der Waals surface area contributed by atoms with Crippen LogP contribution in [0, 0.1) is 17.1 Å². The largest absolute Gasteiger partial charge is 0.382 e. The summed E-state index contributed by atoms with van der Waals surface area (Å²) in [5.41, 5.74) is 0.491. The van der Waals surface area contributed by atoms with Gasteiger partial charge in [0.1, 0.15) is 5.82 Å². The molecule has 1 unspecified atom stereocenters. The van der Waals surface area contributed by atoms with E-state index in [1.807, 2.05) is 13.0 Å². The van der Waals surface area contributed by atoms with E-state index in [0.29, 0.717) is 19.7 Å². The van der Waals surface area contributed by atoms with Crippen molar-refractivity contribution in [3.8, 4) is 6.07 Å². The lowest BCUT2D eigenvalue weighted by atomic mass is 10.1. The van der Waals surface area contributed by atoms with Crippen LogP contribution in [0.4, 0.5) is 10.1 Å². The van der Waals surface area contributed by atoms with E-state index in [0.717, 1.165) is 0 Å². The van der Waals surface area contributed by atoms with E-state index in [4.69, 9.17) is 10.00 Å².